The van der Waals surface area contributed by atoms with Gasteiger partial charge in [0.05, 0.1) is 24.8 Å². The molecular weight excluding hydrogens is 294 g/mol. The Balaban J connectivity index is 1.65. The van der Waals surface area contributed by atoms with E-state index in [2.05, 4.69) is 15.0 Å². The van der Waals surface area contributed by atoms with Crippen LogP contribution in [0.4, 0.5) is 5.69 Å². The minimum atomic E-state index is -0.410. The van der Waals surface area contributed by atoms with Crippen molar-refractivity contribution >= 4 is 23.2 Å². The molecule has 0 saturated heterocycles. The zero-order valence-electron chi connectivity index (χ0n) is 12.5. The Morgan fingerprint density at radius 2 is 1.96 bits per heavy atom. The van der Waals surface area contributed by atoms with Crippen LogP contribution in [0.25, 0.3) is 5.65 Å². The summed E-state index contributed by atoms with van der Waals surface area (Å²) in [6, 6.07) is 12.2. The Morgan fingerprint density at radius 1 is 1.17 bits per heavy atom. The van der Waals surface area contributed by atoms with E-state index in [9.17, 15) is 9.59 Å². The highest BCUT2D eigenvalue weighted by Crippen LogP contribution is 2.11. The first-order chi connectivity index (χ1) is 11.2. The molecule has 0 fully saturated rings. The predicted octanol–water partition coefficient (Wildman–Crippen LogP) is 2.30. The summed E-state index contributed by atoms with van der Waals surface area (Å²) in [5, 5.41) is 2.78. The summed E-state index contributed by atoms with van der Waals surface area (Å²) in [5.41, 5.74) is 2.55. The largest absolute Gasteiger partial charge is 0.465 e. The number of rotatable bonds is 4. The lowest BCUT2D eigenvalue weighted by atomic mass is 10.2. The van der Waals surface area contributed by atoms with Gasteiger partial charge in [-0.2, -0.15) is 0 Å². The van der Waals surface area contributed by atoms with Crippen LogP contribution in [0.1, 0.15) is 16.1 Å². The average Bonchev–Trinajstić information content (AvgIpc) is 2.96. The van der Waals surface area contributed by atoms with E-state index in [4.69, 9.17) is 0 Å². The Hall–Kier alpha value is -3.15. The predicted molar refractivity (Wildman–Crippen MR) is 85.3 cm³/mol. The topological polar surface area (TPSA) is 72.7 Å². The minimum absolute atomic E-state index is 0.167. The number of anilines is 1. The molecule has 2 heterocycles. The molecule has 1 N–H and O–H groups in total. The average molecular weight is 309 g/mol. The number of hydrogen-bond acceptors (Lipinski definition) is 4. The highest BCUT2D eigenvalue weighted by atomic mass is 16.5. The minimum Gasteiger partial charge on any atom is -0.465 e. The van der Waals surface area contributed by atoms with Gasteiger partial charge in [-0.1, -0.05) is 6.07 Å². The third-order valence-electron chi connectivity index (χ3n) is 3.35. The first-order valence-electron chi connectivity index (χ1n) is 7.06. The number of hydrogen-bond donors (Lipinski definition) is 1. The first-order valence-corrected chi connectivity index (χ1v) is 7.06. The third-order valence-corrected chi connectivity index (χ3v) is 3.35. The third kappa shape index (κ3) is 3.37. The molecule has 0 aliphatic heterocycles. The number of carbonyl (C=O) groups is 2. The fraction of sp³-hybridized carbons (Fsp3) is 0.118. The molecule has 0 saturated carbocycles. The van der Waals surface area contributed by atoms with Gasteiger partial charge in [-0.15, -0.1) is 0 Å². The fourth-order valence-corrected chi connectivity index (χ4v) is 2.25. The zero-order chi connectivity index (χ0) is 16.2. The van der Waals surface area contributed by atoms with Crippen molar-refractivity contribution in [2.24, 2.45) is 0 Å². The molecule has 3 aromatic rings. The molecular formula is C17H15N3O3. The molecule has 2 aromatic heterocycles. The molecule has 0 radical (unpaired) electrons. The maximum atomic E-state index is 12.1. The molecule has 0 spiro atoms. The van der Waals surface area contributed by atoms with Crippen LogP contribution in [0.5, 0.6) is 0 Å². The number of amides is 1. The zero-order valence-corrected chi connectivity index (χ0v) is 12.5. The number of carbonyl (C=O) groups excluding carboxylic acids is 2. The van der Waals surface area contributed by atoms with Crippen LogP contribution >= 0.6 is 0 Å². The van der Waals surface area contributed by atoms with E-state index in [1.165, 1.54) is 7.11 Å². The van der Waals surface area contributed by atoms with Crippen LogP contribution in [0.15, 0.2) is 54.9 Å². The summed E-state index contributed by atoms with van der Waals surface area (Å²) >= 11 is 0. The van der Waals surface area contributed by atoms with E-state index in [-0.39, 0.29) is 12.3 Å². The van der Waals surface area contributed by atoms with Gasteiger partial charge in [-0.3, -0.25) is 4.79 Å². The van der Waals surface area contributed by atoms with E-state index >= 15 is 0 Å². The summed E-state index contributed by atoms with van der Waals surface area (Å²) < 4.78 is 6.50. The van der Waals surface area contributed by atoms with E-state index in [0.29, 0.717) is 16.9 Å². The van der Waals surface area contributed by atoms with Gasteiger partial charge in [-0.05, 0) is 36.4 Å². The number of imidazole rings is 1. The maximum Gasteiger partial charge on any atom is 0.337 e. The van der Waals surface area contributed by atoms with Crippen LogP contribution in [-0.2, 0) is 16.0 Å². The van der Waals surface area contributed by atoms with E-state index in [0.717, 1.165) is 5.65 Å². The van der Waals surface area contributed by atoms with E-state index in [1.54, 1.807) is 24.3 Å². The standard InChI is InChI=1S/C17H15N3O3/c1-23-17(22)12-5-7-13(8-6-12)19-16(21)10-14-11-20-9-3-2-4-15(20)18-14/h2-9,11H,10H2,1H3,(H,19,21). The van der Waals surface area contributed by atoms with Crippen molar-refractivity contribution in [1.82, 2.24) is 9.38 Å². The molecule has 0 aliphatic carbocycles. The molecule has 0 aliphatic rings. The van der Waals surface area contributed by atoms with Gasteiger partial charge in [0, 0.05) is 18.1 Å². The fourth-order valence-electron chi connectivity index (χ4n) is 2.25. The van der Waals surface area contributed by atoms with Gasteiger partial charge in [-0.25, -0.2) is 9.78 Å². The Labute approximate surface area is 132 Å². The van der Waals surface area contributed by atoms with Crippen LogP contribution in [0.2, 0.25) is 0 Å². The quantitative estimate of drug-likeness (QED) is 0.751. The van der Waals surface area contributed by atoms with E-state index < -0.39 is 5.97 Å². The SMILES string of the molecule is COC(=O)c1ccc(NC(=O)Cc2cn3ccccc3n2)cc1. The van der Waals surface area contributed by atoms with Gasteiger partial charge < -0.3 is 14.5 Å². The number of methoxy groups -OCH3 is 1. The first kappa shape index (κ1) is 14.8. The van der Waals surface area contributed by atoms with Gasteiger partial charge in [0.25, 0.3) is 0 Å². The Kier molecular flexibility index (Phi) is 4.05. The second kappa shape index (κ2) is 6.31. The number of esters is 1. The number of pyridine rings is 1. The number of nitrogens with one attached hydrogen (secondary N) is 1. The van der Waals surface area contributed by atoms with Crippen molar-refractivity contribution in [3.8, 4) is 0 Å². The smallest absolute Gasteiger partial charge is 0.337 e. The molecule has 0 atom stereocenters. The second-order valence-electron chi connectivity index (χ2n) is 4.99. The highest BCUT2D eigenvalue weighted by molar-refractivity contribution is 5.93. The molecule has 3 rings (SSSR count). The van der Waals surface area contributed by atoms with Crippen molar-refractivity contribution in [3.05, 3.63) is 66.1 Å². The number of fused-ring (bicyclic) bond motifs is 1. The summed E-state index contributed by atoms with van der Waals surface area (Å²) in [5.74, 6) is -0.577. The molecule has 116 valence electrons. The summed E-state index contributed by atoms with van der Waals surface area (Å²) in [4.78, 5) is 27.8. The summed E-state index contributed by atoms with van der Waals surface area (Å²) in [6.45, 7) is 0. The number of aromatic nitrogens is 2. The lowest BCUT2D eigenvalue weighted by Gasteiger charge is -2.05. The second-order valence-corrected chi connectivity index (χ2v) is 4.99. The normalized spacial score (nSPS) is 10.5. The van der Waals surface area contributed by atoms with Crippen LogP contribution in [0.3, 0.4) is 0 Å². The summed E-state index contributed by atoms with van der Waals surface area (Å²) in [7, 11) is 1.33. The van der Waals surface area contributed by atoms with Gasteiger partial charge in [0.15, 0.2) is 0 Å². The van der Waals surface area contributed by atoms with Gasteiger partial charge in [0.2, 0.25) is 5.91 Å². The van der Waals surface area contributed by atoms with Gasteiger partial charge >= 0.3 is 5.97 Å². The number of benzene rings is 1. The van der Waals surface area contributed by atoms with Crippen LogP contribution in [-0.4, -0.2) is 28.4 Å². The van der Waals surface area contributed by atoms with Crippen molar-refractivity contribution in [3.63, 3.8) is 0 Å². The summed E-state index contributed by atoms with van der Waals surface area (Å²) in [6.07, 6.45) is 3.89. The maximum absolute atomic E-state index is 12.1. The Morgan fingerprint density at radius 3 is 2.65 bits per heavy atom. The number of nitrogens with zero attached hydrogens (tertiary/aromatic N) is 2. The highest BCUT2D eigenvalue weighted by Gasteiger charge is 2.09. The van der Waals surface area contributed by atoms with Crippen molar-refractivity contribution in [2.75, 3.05) is 12.4 Å². The lowest BCUT2D eigenvalue weighted by Crippen LogP contribution is -2.14. The molecule has 1 aromatic carbocycles. The monoisotopic (exact) mass is 309 g/mol. The molecule has 0 bridgehead atoms. The molecule has 1 amide bonds. The lowest BCUT2D eigenvalue weighted by molar-refractivity contribution is -0.115. The van der Waals surface area contributed by atoms with E-state index in [1.807, 2.05) is 35.0 Å². The van der Waals surface area contributed by atoms with Crippen LogP contribution < -0.4 is 5.32 Å². The van der Waals surface area contributed by atoms with Crippen molar-refractivity contribution in [1.29, 1.82) is 0 Å². The van der Waals surface area contributed by atoms with Crippen molar-refractivity contribution < 1.29 is 14.3 Å². The molecule has 0 unspecified atom stereocenters. The van der Waals surface area contributed by atoms with Crippen LogP contribution in [0, 0.1) is 0 Å². The van der Waals surface area contributed by atoms with Crippen molar-refractivity contribution in [2.45, 2.75) is 6.42 Å². The van der Waals surface area contributed by atoms with Gasteiger partial charge in [0.1, 0.15) is 5.65 Å². The molecule has 23 heavy (non-hydrogen) atoms. The molecule has 6 heteroatoms. The Bertz CT molecular complexity index is 820. The molecule has 6 nitrogen and oxygen atoms in total. The number of ether oxygens (including phenoxy) is 1.